The fourth-order valence-electron chi connectivity index (χ4n) is 7.34. The fraction of sp³-hybridized carbons (Fsp3) is 0.0270. The summed E-state index contributed by atoms with van der Waals surface area (Å²) in [6, 6.07) is 37.8. The van der Waals surface area contributed by atoms with Crippen molar-refractivity contribution in [3.63, 3.8) is 0 Å². The van der Waals surface area contributed by atoms with Crippen molar-refractivity contribution in [1.29, 1.82) is 0 Å². The maximum absolute atomic E-state index is 15.3. The second-order valence-electron chi connectivity index (χ2n) is 11.3. The van der Waals surface area contributed by atoms with Gasteiger partial charge < -0.3 is 9.88 Å². The van der Waals surface area contributed by atoms with E-state index in [0.29, 0.717) is 5.56 Å². The molecule has 5 heteroatoms. The highest BCUT2D eigenvalue weighted by molar-refractivity contribution is 7.00. The zero-order chi connectivity index (χ0) is 28.1. The molecule has 3 heterocycles. The van der Waals surface area contributed by atoms with Crippen molar-refractivity contribution < 1.29 is 8.78 Å². The molecule has 1 N–H and O–H groups in total. The van der Waals surface area contributed by atoms with Gasteiger partial charge in [0.15, 0.2) is 0 Å². The average Bonchev–Trinajstić information content (AvgIpc) is 3.34. The van der Waals surface area contributed by atoms with Crippen LogP contribution >= 0.6 is 0 Å². The van der Waals surface area contributed by atoms with Crippen LogP contribution in [0.3, 0.4) is 0 Å². The molecule has 0 amide bonds. The molecule has 42 heavy (non-hydrogen) atoms. The Hall–Kier alpha value is -5.16. The van der Waals surface area contributed by atoms with Gasteiger partial charge in [-0.25, -0.2) is 8.78 Å². The van der Waals surface area contributed by atoms with Crippen LogP contribution in [0.15, 0.2) is 115 Å². The summed E-state index contributed by atoms with van der Waals surface area (Å²) in [6.45, 7) is 2.08. The van der Waals surface area contributed by atoms with Gasteiger partial charge >= 0.3 is 0 Å². The number of para-hydroxylation sites is 3. The number of aromatic nitrogens is 1. The molecule has 0 bridgehead atoms. The summed E-state index contributed by atoms with van der Waals surface area (Å²) >= 11 is 0. The quantitative estimate of drug-likeness (QED) is 0.222. The van der Waals surface area contributed by atoms with Crippen molar-refractivity contribution in [2.75, 3.05) is 5.32 Å². The summed E-state index contributed by atoms with van der Waals surface area (Å²) in [5.41, 5.74) is 12.5. The molecule has 0 radical (unpaired) electrons. The van der Waals surface area contributed by atoms with Crippen LogP contribution in [-0.4, -0.2) is 11.3 Å². The first-order valence-electron chi connectivity index (χ1n) is 14.2. The normalized spacial score (nSPS) is 12.8. The molecule has 0 spiro atoms. The Bertz CT molecular complexity index is 2260. The number of hydrogen-bond acceptors (Lipinski definition) is 1. The van der Waals surface area contributed by atoms with Crippen molar-refractivity contribution in [2.45, 2.75) is 6.92 Å². The first kappa shape index (κ1) is 23.5. The van der Waals surface area contributed by atoms with Crippen molar-refractivity contribution in [2.24, 2.45) is 0 Å². The minimum atomic E-state index is -0.575. The highest BCUT2D eigenvalue weighted by Crippen LogP contribution is 2.41. The summed E-state index contributed by atoms with van der Waals surface area (Å²) < 4.78 is 32.8. The number of anilines is 2. The van der Waals surface area contributed by atoms with Gasteiger partial charge in [0.05, 0.1) is 11.1 Å². The molecule has 1 aromatic heterocycles. The lowest BCUT2D eigenvalue weighted by Gasteiger charge is -2.35. The molecule has 9 rings (SSSR count). The van der Waals surface area contributed by atoms with E-state index in [2.05, 4.69) is 95.7 Å². The second kappa shape index (κ2) is 8.43. The van der Waals surface area contributed by atoms with E-state index < -0.39 is 11.6 Å². The van der Waals surface area contributed by atoms with E-state index in [1.165, 1.54) is 40.1 Å². The van der Waals surface area contributed by atoms with Gasteiger partial charge in [-0.15, -0.1) is 0 Å². The minimum absolute atomic E-state index is 0.0144. The van der Waals surface area contributed by atoms with Gasteiger partial charge in [0, 0.05) is 38.9 Å². The van der Waals surface area contributed by atoms with Crippen LogP contribution in [0.5, 0.6) is 0 Å². The molecule has 0 saturated carbocycles. The van der Waals surface area contributed by atoms with Crippen molar-refractivity contribution in [1.82, 2.24) is 4.57 Å². The molecule has 2 nitrogen and oxygen atoms in total. The molecule has 0 aliphatic carbocycles. The van der Waals surface area contributed by atoms with Crippen LogP contribution in [0.2, 0.25) is 0 Å². The van der Waals surface area contributed by atoms with Gasteiger partial charge in [-0.1, -0.05) is 84.9 Å². The predicted octanol–water partition coefficient (Wildman–Crippen LogP) is 7.59. The van der Waals surface area contributed by atoms with E-state index in [1.807, 2.05) is 18.2 Å². The van der Waals surface area contributed by atoms with Gasteiger partial charge in [0.2, 0.25) is 0 Å². The lowest BCUT2D eigenvalue weighted by molar-refractivity contribution is 0.589. The summed E-state index contributed by atoms with van der Waals surface area (Å²) in [4.78, 5) is 0. The topological polar surface area (TPSA) is 17.0 Å². The molecular weight excluding hydrogens is 521 g/mol. The third-order valence-corrected chi connectivity index (χ3v) is 9.08. The lowest BCUT2D eigenvalue weighted by Crippen LogP contribution is -2.59. The third-order valence-electron chi connectivity index (χ3n) is 9.08. The number of fused-ring (bicyclic) bond motifs is 7. The largest absolute Gasteiger partial charge is 0.356 e. The van der Waals surface area contributed by atoms with Crippen LogP contribution in [0.25, 0.3) is 49.7 Å². The molecule has 2 aliphatic rings. The maximum atomic E-state index is 15.3. The number of rotatable bonds is 2. The standard InChI is InChI=1S/C37H23BF2N2/c1-21-9-2-3-10-23(21)25-12-6-14-27-36(25)41-31-19-22(34-29(39)16-8-17-30(34)40)20-33-35(31)38(27)28-15-7-13-26-24-11-4-5-18-32(24)42(33)37(26)28/h2-20,41H,1H3. The van der Waals surface area contributed by atoms with Gasteiger partial charge in [0.1, 0.15) is 11.6 Å². The molecule has 6 aromatic carbocycles. The monoisotopic (exact) mass is 544 g/mol. The first-order chi connectivity index (χ1) is 20.6. The SMILES string of the molecule is Cc1ccccc1-c1cccc2c1Nc1cc(-c3c(F)cccc3F)cc3c1B2c1cccc2c4ccccc4n-3c12. The molecule has 7 aromatic rings. The Morgan fingerprint density at radius 2 is 1.36 bits per heavy atom. The minimum Gasteiger partial charge on any atom is -0.356 e. The molecule has 0 fully saturated rings. The van der Waals surface area contributed by atoms with E-state index >= 15 is 8.78 Å². The van der Waals surface area contributed by atoms with E-state index in [1.54, 1.807) is 0 Å². The predicted molar refractivity (Wildman–Crippen MR) is 171 cm³/mol. The average molecular weight is 544 g/mol. The Labute approximate surface area is 241 Å². The summed E-state index contributed by atoms with van der Waals surface area (Å²) in [7, 11) is 0. The molecule has 2 aliphatic heterocycles. The Morgan fingerprint density at radius 3 is 2.21 bits per heavy atom. The molecule has 198 valence electrons. The van der Waals surface area contributed by atoms with Crippen LogP contribution in [0.1, 0.15) is 5.56 Å². The maximum Gasteiger partial charge on any atom is 0.252 e. The van der Waals surface area contributed by atoms with E-state index in [9.17, 15) is 0 Å². The van der Waals surface area contributed by atoms with Crippen molar-refractivity contribution in [3.05, 3.63) is 132 Å². The van der Waals surface area contributed by atoms with Gasteiger partial charge in [-0.3, -0.25) is 0 Å². The van der Waals surface area contributed by atoms with Crippen molar-refractivity contribution in [3.8, 4) is 27.9 Å². The number of nitrogens with zero attached hydrogens (tertiary/aromatic N) is 1. The first-order valence-corrected chi connectivity index (χ1v) is 14.2. The summed E-state index contributed by atoms with van der Waals surface area (Å²) in [5, 5.41) is 6.10. The number of halogens is 2. The van der Waals surface area contributed by atoms with Crippen LogP contribution in [0, 0.1) is 18.6 Å². The molecule has 0 unspecified atom stereocenters. The molecule has 0 saturated heterocycles. The Kier molecular flexibility index (Phi) is 4.73. The zero-order valence-corrected chi connectivity index (χ0v) is 22.8. The number of nitrogens with one attached hydrogen (secondary N) is 1. The lowest BCUT2D eigenvalue weighted by atomic mass is 9.34. The summed E-state index contributed by atoms with van der Waals surface area (Å²) in [5.74, 6) is -1.15. The van der Waals surface area contributed by atoms with Crippen LogP contribution < -0.4 is 21.7 Å². The second-order valence-corrected chi connectivity index (χ2v) is 11.3. The van der Waals surface area contributed by atoms with Crippen LogP contribution in [0.4, 0.5) is 20.2 Å². The highest BCUT2D eigenvalue weighted by Gasteiger charge is 2.40. The smallest absolute Gasteiger partial charge is 0.252 e. The Balaban J connectivity index is 1.44. The number of benzene rings is 6. The van der Waals surface area contributed by atoms with Gasteiger partial charge in [0.25, 0.3) is 6.71 Å². The number of aryl methyl sites for hydroxylation is 1. The highest BCUT2D eigenvalue weighted by atomic mass is 19.1. The molecular formula is C37H23BF2N2. The van der Waals surface area contributed by atoms with E-state index in [-0.39, 0.29) is 12.3 Å². The van der Waals surface area contributed by atoms with Crippen molar-refractivity contribution >= 4 is 56.3 Å². The van der Waals surface area contributed by atoms with E-state index in [4.69, 9.17) is 0 Å². The van der Waals surface area contributed by atoms with Gasteiger partial charge in [-0.05, 0) is 70.3 Å². The van der Waals surface area contributed by atoms with Crippen LogP contribution in [-0.2, 0) is 0 Å². The molecule has 0 atom stereocenters. The number of hydrogen-bond donors (Lipinski definition) is 1. The van der Waals surface area contributed by atoms with E-state index in [0.717, 1.165) is 50.1 Å². The fourth-order valence-corrected chi connectivity index (χ4v) is 7.34. The Morgan fingerprint density at radius 1 is 0.667 bits per heavy atom. The zero-order valence-electron chi connectivity index (χ0n) is 22.8. The summed E-state index contributed by atoms with van der Waals surface area (Å²) in [6.07, 6.45) is 0. The third kappa shape index (κ3) is 3.03. The van der Waals surface area contributed by atoms with Gasteiger partial charge in [-0.2, -0.15) is 0 Å².